The molecule has 1 aromatic carbocycles. The predicted octanol–water partition coefficient (Wildman–Crippen LogP) is 2.58. The number of halogens is 1. The van der Waals surface area contributed by atoms with Crippen LogP contribution in [0.1, 0.15) is 25.6 Å². The van der Waals surface area contributed by atoms with Crippen LogP contribution >= 0.6 is 11.3 Å². The highest BCUT2D eigenvalue weighted by Crippen LogP contribution is 2.30. The summed E-state index contributed by atoms with van der Waals surface area (Å²) in [7, 11) is 0. The second kappa shape index (κ2) is 8.73. The molecule has 1 amide bonds. The Morgan fingerprint density at radius 2 is 1.97 bits per heavy atom. The van der Waals surface area contributed by atoms with Gasteiger partial charge in [-0.3, -0.25) is 19.4 Å². The second-order valence-electron chi connectivity index (χ2n) is 8.62. The van der Waals surface area contributed by atoms with Crippen LogP contribution in [0.15, 0.2) is 34.4 Å². The Balaban J connectivity index is 1.25. The number of hydrogen-bond donors (Lipinski definition) is 2. The second-order valence-corrected chi connectivity index (χ2v) is 9.48. The molecule has 0 bridgehead atoms. The largest absolute Gasteiger partial charge is 0.352 e. The van der Waals surface area contributed by atoms with Crippen LogP contribution in [0.25, 0.3) is 21.3 Å². The van der Waals surface area contributed by atoms with Gasteiger partial charge in [0.05, 0.1) is 18.0 Å². The molecule has 1 aliphatic heterocycles. The van der Waals surface area contributed by atoms with Crippen molar-refractivity contribution in [1.82, 2.24) is 25.1 Å². The van der Waals surface area contributed by atoms with E-state index in [0.29, 0.717) is 28.6 Å². The van der Waals surface area contributed by atoms with Crippen molar-refractivity contribution in [1.29, 1.82) is 0 Å². The normalized spacial score (nSPS) is 18.7. The lowest BCUT2D eigenvalue weighted by atomic mass is 10.1. The van der Waals surface area contributed by atoms with Crippen molar-refractivity contribution in [2.45, 2.75) is 38.4 Å². The number of thiophene rings is 1. The van der Waals surface area contributed by atoms with Gasteiger partial charge in [0.1, 0.15) is 16.5 Å². The number of amides is 1. The molecule has 168 valence electrons. The van der Waals surface area contributed by atoms with E-state index in [4.69, 9.17) is 0 Å². The number of H-pyrrole nitrogens is 1. The standard InChI is InChI=1S/C23H26FN5O2S/c1-14(21(30)25-17-6-7-17)29-10-8-28(9-11-29)12-19-26-22(31)20-18(13-32-23(20)27-19)15-2-4-16(24)5-3-15/h2-5,13-14,17H,6-12H2,1H3,(H,25,30)(H,26,27,31)/t14-/m1/s1. The number of hydrogen-bond acceptors (Lipinski definition) is 6. The van der Waals surface area contributed by atoms with E-state index >= 15 is 0 Å². The molecular weight excluding hydrogens is 429 g/mol. The van der Waals surface area contributed by atoms with Gasteiger partial charge in [0.15, 0.2) is 0 Å². The van der Waals surface area contributed by atoms with E-state index in [2.05, 4.69) is 25.1 Å². The minimum atomic E-state index is -0.305. The first kappa shape index (κ1) is 21.2. The van der Waals surface area contributed by atoms with Gasteiger partial charge in [-0.15, -0.1) is 11.3 Å². The minimum Gasteiger partial charge on any atom is -0.352 e. The van der Waals surface area contributed by atoms with Gasteiger partial charge in [0.2, 0.25) is 5.91 Å². The van der Waals surface area contributed by atoms with Crippen LogP contribution < -0.4 is 10.9 Å². The van der Waals surface area contributed by atoms with Crippen LogP contribution in [0.2, 0.25) is 0 Å². The SMILES string of the molecule is C[C@H](C(=O)NC1CC1)N1CCN(Cc2nc3scc(-c4ccc(F)cc4)c3c(=O)[nH]2)CC1. The summed E-state index contributed by atoms with van der Waals surface area (Å²) in [5.41, 5.74) is 1.40. The summed E-state index contributed by atoms with van der Waals surface area (Å²) in [6.45, 7) is 5.77. The lowest BCUT2D eigenvalue weighted by molar-refractivity contribution is -0.126. The number of fused-ring (bicyclic) bond motifs is 1. The zero-order valence-corrected chi connectivity index (χ0v) is 18.8. The maximum absolute atomic E-state index is 13.3. The minimum absolute atomic E-state index is 0.118. The summed E-state index contributed by atoms with van der Waals surface area (Å²) in [5.74, 6) is 0.454. The molecule has 1 aliphatic carbocycles. The summed E-state index contributed by atoms with van der Waals surface area (Å²) in [5, 5.41) is 5.53. The molecule has 3 heterocycles. The average molecular weight is 456 g/mol. The molecule has 32 heavy (non-hydrogen) atoms. The summed E-state index contributed by atoms with van der Waals surface area (Å²) in [4.78, 5) is 37.9. The van der Waals surface area contributed by atoms with Crippen LogP contribution in [-0.4, -0.2) is 63.9 Å². The fourth-order valence-corrected chi connectivity index (χ4v) is 5.11. The number of piperazine rings is 1. The Kier molecular flexibility index (Phi) is 5.79. The van der Waals surface area contributed by atoms with Crippen molar-refractivity contribution >= 4 is 27.5 Å². The predicted molar refractivity (Wildman–Crippen MR) is 123 cm³/mol. The molecule has 9 heteroatoms. The third-order valence-electron chi connectivity index (χ3n) is 6.28. The lowest BCUT2D eigenvalue weighted by Gasteiger charge is -2.37. The molecule has 0 unspecified atom stereocenters. The molecule has 1 saturated heterocycles. The van der Waals surface area contributed by atoms with Gasteiger partial charge < -0.3 is 10.3 Å². The zero-order chi connectivity index (χ0) is 22.2. The van der Waals surface area contributed by atoms with Gasteiger partial charge in [0, 0.05) is 43.2 Å². The monoisotopic (exact) mass is 455 g/mol. The molecular formula is C23H26FN5O2S. The van der Waals surface area contributed by atoms with Gasteiger partial charge in [0.25, 0.3) is 5.56 Å². The number of aromatic nitrogens is 2. The van der Waals surface area contributed by atoms with E-state index in [9.17, 15) is 14.0 Å². The summed E-state index contributed by atoms with van der Waals surface area (Å²) >= 11 is 1.42. The molecule has 3 aromatic rings. The van der Waals surface area contributed by atoms with E-state index < -0.39 is 0 Å². The Labute approximate surface area is 189 Å². The third-order valence-corrected chi connectivity index (χ3v) is 7.15. The summed E-state index contributed by atoms with van der Waals surface area (Å²) in [6.07, 6.45) is 2.19. The highest BCUT2D eigenvalue weighted by Gasteiger charge is 2.30. The van der Waals surface area contributed by atoms with E-state index in [0.717, 1.165) is 50.1 Å². The zero-order valence-electron chi connectivity index (χ0n) is 17.9. The third kappa shape index (κ3) is 4.46. The molecule has 2 N–H and O–H groups in total. The molecule has 0 spiro atoms. The van der Waals surface area contributed by atoms with Crippen LogP contribution in [0.4, 0.5) is 4.39 Å². The van der Waals surface area contributed by atoms with Crippen LogP contribution in [0.5, 0.6) is 0 Å². The Bertz CT molecular complexity index is 1180. The number of carbonyl (C=O) groups excluding carboxylic acids is 1. The molecule has 2 fully saturated rings. The molecule has 5 rings (SSSR count). The summed E-state index contributed by atoms with van der Waals surface area (Å²) < 4.78 is 13.3. The van der Waals surface area contributed by atoms with Gasteiger partial charge in [-0.25, -0.2) is 9.37 Å². The lowest BCUT2D eigenvalue weighted by Crippen LogP contribution is -2.54. The van der Waals surface area contributed by atoms with Crippen molar-refractivity contribution in [3.05, 3.63) is 51.6 Å². The number of rotatable bonds is 6. The molecule has 7 nitrogen and oxygen atoms in total. The van der Waals surface area contributed by atoms with Crippen molar-refractivity contribution in [2.75, 3.05) is 26.2 Å². The smallest absolute Gasteiger partial charge is 0.260 e. The fourth-order valence-electron chi connectivity index (χ4n) is 4.15. The van der Waals surface area contributed by atoms with E-state index in [1.807, 2.05) is 12.3 Å². The fraction of sp³-hybridized carbons (Fsp3) is 0.435. The number of carbonyl (C=O) groups is 1. The first-order chi connectivity index (χ1) is 15.5. The molecule has 1 saturated carbocycles. The molecule has 1 atom stereocenters. The van der Waals surface area contributed by atoms with E-state index in [1.165, 1.54) is 23.5 Å². The van der Waals surface area contributed by atoms with Gasteiger partial charge >= 0.3 is 0 Å². The quantitative estimate of drug-likeness (QED) is 0.597. The number of aromatic amines is 1. The highest BCUT2D eigenvalue weighted by molar-refractivity contribution is 7.17. The topological polar surface area (TPSA) is 81.3 Å². The highest BCUT2D eigenvalue weighted by atomic mass is 32.1. The van der Waals surface area contributed by atoms with Gasteiger partial charge in [-0.2, -0.15) is 0 Å². The first-order valence-corrected chi connectivity index (χ1v) is 11.9. The number of benzene rings is 1. The Morgan fingerprint density at radius 3 is 2.66 bits per heavy atom. The van der Waals surface area contributed by atoms with Crippen LogP contribution in [-0.2, 0) is 11.3 Å². The Morgan fingerprint density at radius 1 is 1.25 bits per heavy atom. The molecule has 2 aromatic heterocycles. The number of nitrogens with zero attached hydrogens (tertiary/aromatic N) is 3. The van der Waals surface area contributed by atoms with Gasteiger partial charge in [-0.1, -0.05) is 12.1 Å². The van der Waals surface area contributed by atoms with Gasteiger partial charge in [-0.05, 0) is 37.5 Å². The van der Waals surface area contributed by atoms with E-state index in [-0.39, 0.29) is 23.3 Å². The maximum Gasteiger partial charge on any atom is 0.260 e. The Hall–Kier alpha value is -2.62. The molecule has 0 radical (unpaired) electrons. The first-order valence-electron chi connectivity index (χ1n) is 11.0. The van der Waals surface area contributed by atoms with Crippen molar-refractivity contribution in [3.8, 4) is 11.1 Å². The van der Waals surface area contributed by atoms with Crippen LogP contribution in [0, 0.1) is 5.82 Å². The van der Waals surface area contributed by atoms with Crippen molar-refractivity contribution in [2.24, 2.45) is 0 Å². The number of nitrogens with one attached hydrogen (secondary N) is 2. The average Bonchev–Trinajstić information content (AvgIpc) is 3.50. The van der Waals surface area contributed by atoms with Crippen molar-refractivity contribution < 1.29 is 9.18 Å². The maximum atomic E-state index is 13.3. The molecule has 2 aliphatic rings. The van der Waals surface area contributed by atoms with E-state index in [1.54, 1.807) is 12.1 Å². The van der Waals surface area contributed by atoms with Crippen LogP contribution in [0.3, 0.4) is 0 Å². The summed E-state index contributed by atoms with van der Waals surface area (Å²) in [6, 6.07) is 6.40. The van der Waals surface area contributed by atoms with Crippen molar-refractivity contribution in [3.63, 3.8) is 0 Å².